The van der Waals surface area contributed by atoms with Crippen molar-refractivity contribution in [2.24, 2.45) is 0 Å². The van der Waals surface area contributed by atoms with Crippen LogP contribution < -0.4 is 20.1 Å². The fraction of sp³-hybridized carbons (Fsp3) is 0.316. The highest BCUT2D eigenvalue weighted by molar-refractivity contribution is 5.91. The quantitative estimate of drug-likeness (QED) is 0.721. The maximum Gasteiger partial charge on any atom is 0.319 e. The van der Waals surface area contributed by atoms with Gasteiger partial charge in [0, 0.05) is 6.54 Å². The number of amides is 2. The maximum absolute atomic E-state index is 12.0. The summed E-state index contributed by atoms with van der Waals surface area (Å²) in [5.74, 6) is 1.26. The molecule has 0 aliphatic rings. The molecular weight excluding hydrogens is 320 g/mol. The SMILES string of the molecule is COc1ccc(C)cc1NC(=O)NC[C@H](O)COc1cccc(C)c1. The molecule has 0 saturated heterocycles. The molecule has 0 fully saturated rings. The summed E-state index contributed by atoms with van der Waals surface area (Å²) in [5.41, 5.74) is 2.66. The van der Waals surface area contributed by atoms with Gasteiger partial charge >= 0.3 is 6.03 Å². The smallest absolute Gasteiger partial charge is 0.319 e. The van der Waals surface area contributed by atoms with Gasteiger partial charge in [0.2, 0.25) is 0 Å². The first-order valence-electron chi connectivity index (χ1n) is 8.05. The van der Waals surface area contributed by atoms with Crippen LogP contribution in [0.5, 0.6) is 11.5 Å². The van der Waals surface area contributed by atoms with Crippen molar-refractivity contribution in [2.75, 3.05) is 25.6 Å². The van der Waals surface area contributed by atoms with Crippen LogP contribution in [0.3, 0.4) is 0 Å². The number of methoxy groups -OCH3 is 1. The van der Waals surface area contributed by atoms with E-state index in [2.05, 4.69) is 10.6 Å². The van der Waals surface area contributed by atoms with Gasteiger partial charge in [-0.3, -0.25) is 0 Å². The summed E-state index contributed by atoms with van der Waals surface area (Å²) in [6.07, 6.45) is -0.814. The number of benzene rings is 2. The van der Waals surface area contributed by atoms with E-state index >= 15 is 0 Å². The first-order valence-corrected chi connectivity index (χ1v) is 8.05. The number of aliphatic hydroxyl groups is 1. The Balaban J connectivity index is 1.78. The van der Waals surface area contributed by atoms with Gasteiger partial charge in [-0.25, -0.2) is 4.79 Å². The van der Waals surface area contributed by atoms with Crippen molar-refractivity contribution in [1.82, 2.24) is 5.32 Å². The number of aryl methyl sites for hydroxylation is 2. The first-order chi connectivity index (χ1) is 12.0. The zero-order chi connectivity index (χ0) is 18.2. The number of hydrogen-bond donors (Lipinski definition) is 3. The number of nitrogens with one attached hydrogen (secondary N) is 2. The minimum Gasteiger partial charge on any atom is -0.495 e. The molecule has 2 rings (SSSR count). The van der Waals surface area contributed by atoms with Crippen molar-refractivity contribution in [3.8, 4) is 11.5 Å². The number of hydrogen-bond acceptors (Lipinski definition) is 4. The van der Waals surface area contributed by atoms with Crippen LogP contribution in [0.15, 0.2) is 42.5 Å². The second-order valence-corrected chi connectivity index (χ2v) is 5.82. The van der Waals surface area contributed by atoms with Crippen LogP contribution in [-0.4, -0.2) is 37.5 Å². The largest absolute Gasteiger partial charge is 0.495 e. The Labute approximate surface area is 147 Å². The molecule has 6 nitrogen and oxygen atoms in total. The Bertz CT molecular complexity index is 718. The van der Waals surface area contributed by atoms with E-state index in [0.29, 0.717) is 17.2 Å². The molecule has 2 aromatic carbocycles. The van der Waals surface area contributed by atoms with Crippen LogP contribution >= 0.6 is 0 Å². The van der Waals surface area contributed by atoms with Crippen molar-refractivity contribution in [3.05, 3.63) is 53.6 Å². The van der Waals surface area contributed by atoms with Crippen LogP contribution in [0.4, 0.5) is 10.5 Å². The van der Waals surface area contributed by atoms with Crippen LogP contribution in [0.25, 0.3) is 0 Å². The van der Waals surface area contributed by atoms with Gasteiger partial charge < -0.3 is 25.2 Å². The van der Waals surface area contributed by atoms with Gasteiger partial charge in [-0.2, -0.15) is 0 Å². The number of anilines is 1. The van der Waals surface area contributed by atoms with E-state index in [1.54, 1.807) is 13.2 Å². The second-order valence-electron chi connectivity index (χ2n) is 5.82. The molecule has 0 bridgehead atoms. The van der Waals surface area contributed by atoms with E-state index in [1.807, 2.05) is 50.2 Å². The summed E-state index contributed by atoms with van der Waals surface area (Å²) in [6.45, 7) is 4.06. The molecule has 0 unspecified atom stereocenters. The molecule has 0 aliphatic heterocycles. The van der Waals surface area contributed by atoms with Crippen LogP contribution in [-0.2, 0) is 0 Å². The summed E-state index contributed by atoms with van der Waals surface area (Å²) in [7, 11) is 1.54. The predicted octanol–water partition coefficient (Wildman–Crippen LogP) is 2.87. The molecule has 0 aliphatic carbocycles. The standard InChI is InChI=1S/C19H24N2O4/c1-13-5-4-6-16(9-13)25-12-15(22)11-20-19(23)21-17-10-14(2)7-8-18(17)24-3/h4-10,15,22H,11-12H2,1-3H3,(H2,20,21,23)/t15-/m0/s1. The molecule has 0 radical (unpaired) electrons. The molecular formula is C19H24N2O4. The molecule has 0 heterocycles. The number of urea groups is 1. The summed E-state index contributed by atoms with van der Waals surface area (Å²) in [4.78, 5) is 12.0. The molecule has 0 spiro atoms. The Morgan fingerprint density at radius 2 is 1.92 bits per heavy atom. The third-order valence-electron chi connectivity index (χ3n) is 3.53. The molecule has 2 aromatic rings. The lowest BCUT2D eigenvalue weighted by Gasteiger charge is -2.15. The van der Waals surface area contributed by atoms with Gasteiger partial charge in [-0.1, -0.05) is 18.2 Å². The fourth-order valence-electron chi connectivity index (χ4n) is 2.25. The van der Waals surface area contributed by atoms with Crippen molar-refractivity contribution < 1.29 is 19.4 Å². The summed E-state index contributed by atoms with van der Waals surface area (Å²) < 4.78 is 10.7. The summed E-state index contributed by atoms with van der Waals surface area (Å²) >= 11 is 0. The Kier molecular flexibility index (Phi) is 6.65. The van der Waals surface area contributed by atoms with Gasteiger partial charge in [0.05, 0.1) is 12.8 Å². The minimum absolute atomic E-state index is 0.0752. The van der Waals surface area contributed by atoms with Gasteiger partial charge in [0.25, 0.3) is 0 Å². The Hall–Kier alpha value is -2.73. The van der Waals surface area contributed by atoms with Gasteiger partial charge in [-0.15, -0.1) is 0 Å². The number of carbonyl (C=O) groups excluding carboxylic acids is 1. The molecule has 25 heavy (non-hydrogen) atoms. The molecule has 0 saturated carbocycles. The average molecular weight is 344 g/mol. The molecule has 2 amide bonds. The normalized spacial score (nSPS) is 11.5. The van der Waals surface area contributed by atoms with E-state index in [1.165, 1.54) is 0 Å². The zero-order valence-electron chi connectivity index (χ0n) is 14.7. The lowest BCUT2D eigenvalue weighted by atomic mass is 10.2. The van der Waals surface area contributed by atoms with E-state index < -0.39 is 12.1 Å². The van der Waals surface area contributed by atoms with Crippen molar-refractivity contribution in [1.29, 1.82) is 0 Å². The van der Waals surface area contributed by atoms with E-state index in [-0.39, 0.29) is 13.2 Å². The number of aliphatic hydroxyl groups excluding tert-OH is 1. The second kappa shape index (κ2) is 8.94. The van der Waals surface area contributed by atoms with Crippen LogP contribution in [0.2, 0.25) is 0 Å². The molecule has 1 atom stereocenters. The fourth-order valence-corrected chi connectivity index (χ4v) is 2.25. The van der Waals surface area contributed by atoms with Gasteiger partial charge in [0.1, 0.15) is 24.2 Å². The third kappa shape index (κ3) is 6.00. The lowest BCUT2D eigenvalue weighted by Crippen LogP contribution is -2.37. The summed E-state index contributed by atoms with van der Waals surface area (Å²) in [5, 5.41) is 15.3. The van der Waals surface area contributed by atoms with Crippen LogP contribution in [0.1, 0.15) is 11.1 Å². The van der Waals surface area contributed by atoms with Gasteiger partial charge in [0.15, 0.2) is 0 Å². The summed E-state index contributed by atoms with van der Waals surface area (Å²) in [6, 6.07) is 12.6. The monoisotopic (exact) mass is 344 g/mol. The lowest BCUT2D eigenvalue weighted by molar-refractivity contribution is 0.108. The highest BCUT2D eigenvalue weighted by Gasteiger charge is 2.10. The number of ether oxygens (including phenoxy) is 2. The van der Waals surface area contributed by atoms with Crippen molar-refractivity contribution in [2.45, 2.75) is 20.0 Å². The van der Waals surface area contributed by atoms with Gasteiger partial charge in [-0.05, 0) is 49.2 Å². The maximum atomic E-state index is 12.0. The minimum atomic E-state index is -0.814. The van der Waals surface area contributed by atoms with E-state index in [0.717, 1.165) is 11.1 Å². The van der Waals surface area contributed by atoms with E-state index in [9.17, 15) is 9.90 Å². The molecule has 134 valence electrons. The van der Waals surface area contributed by atoms with Crippen molar-refractivity contribution in [3.63, 3.8) is 0 Å². The average Bonchev–Trinajstić information content (AvgIpc) is 2.58. The zero-order valence-corrected chi connectivity index (χ0v) is 14.7. The van der Waals surface area contributed by atoms with Crippen LogP contribution in [0, 0.1) is 13.8 Å². The highest BCUT2D eigenvalue weighted by Crippen LogP contribution is 2.24. The number of carbonyl (C=O) groups is 1. The topological polar surface area (TPSA) is 79.8 Å². The molecule has 6 heteroatoms. The highest BCUT2D eigenvalue weighted by atomic mass is 16.5. The first kappa shape index (κ1) is 18.6. The number of rotatable bonds is 7. The third-order valence-corrected chi connectivity index (χ3v) is 3.53. The van der Waals surface area contributed by atoms with Crippen molar-refractivity contribution >= 4 is 11.7 Å². The molecule has 0 aromatic heterocycles. The predicted molar refractivity (Wildman–Crippen MR) is 97.4 cm³/mol. The Morgan fingerprint density at radius 3 is 2.64 bits per heavy atom. The molecule has 3 N–H and O–H groups in total. The Morgan fingerprint density at radius 1 is 1.16 bits per heavy atom. The van der Waals surface area contributed by atoms with E-state index in [4.69, 9.17) is 9.47 Å².